The zero-order chi connectivity index (χ0) is 25.4. The number of nitrogens with zero attached hydrogens (tertiary/aromatic N) is 2. The Labute approximate surface area is 215 Å². The Hall–Kier alpha value is -3.37. The van der Waals surface area contributed by atoms with Crippen molar-refractivity contribution in [2.24, 2.45) is 0 Å². The van der Waals surface area contributed by atoms with E-state index in [4.69, 9.17) is 4.74 Å². The van der Waals surface area contributed by atoms with Crippen molar-refractivity contribution >= 4 is 6.09 Å². The molecule has 0 aromatic heterocycles. The summed E-state index contributed by atoms with van der Waals surface area (Å²) in [5.41, 5.74) is 2.10. The second kappa shape index (κ2) is 9.25. The van der Waals surface area contributed by atoms with Gasteiger partial charge in [0.05, 0.1) is 11.1 Å². The first-order chi connectivity index (χ1) is 17.3. The molecule has 36 heavy (non-hydrogen) atoms. The maximum absolute atomic E-state index is 13.4. The highest BCUT2D eigenvalue weighted by molar-refractivity contribution is 5.71. The van der Waals surface area contributed by atoms with Gasteiger partial charge in [0.25, 0.3) is 0 Å². The van der Waals surface area contributed by atoms with Crippen LogP contribution in [-0.2, 0) is 10.3 Å². The molecule has 1 amide bonds. The molecule has 2 atom stereocenters. The minimum absolute atomic E-state index is 0.0436. The van der Waals surface area contributed by atoms with E-state index >= 15 is 0 Å². The summed E-state index contributed by atoms with van der Waals surface area (Å²) in [6.45, 7) is 11.4. The van der Waals surface area contributed by atoms with Crippen LogP contribution in [0.3, 0.4) is 0 Å². The van der Waals surface area contributed by atoms with Gasteiger partial charge in [-0.25, -0.2) is 4.79 Å². The Balaban J connectivity index is 1.68. The molecule has 0 spiro atoms. The molecule has 4 nitrogen and oxygen atoms in total. The monoisotopic (exact) mass is 480 g/mol. The maximum atomic E-state index is 13.4. The predicted octanol–water partition coefficient (Wildman–Crippen LogP) is 6.62. The smallest absolute Gasteiger partial charge is 0.411 e. The van der Waals surface area contributed by atoms with Crippen LogP contribution in [0.5, 0.6) is 0 Å². The number of hydrogen-bond acceptors (Lipinski definition) is 3. The van der Waals surface area contributed by atoms with Crippen molar-refractivity contribution in [3.63, 3.8) is 0 Å². The Bertz CT molecular complexity index is 1110. The van der Waals surface area contributed by atoms with Gasteiger partial charge >= 0.3 is 6.09 Å². The molecule has 0 radical (unpaired) electrons. The van der Waals surface area contributed by atoms with Crippen LogP contribution < -0.4 is 0 Å². The molecule has 186 valence electrons. The molecule has 2 heterocycles. The van der Waals surface area contributed by atoms with E-state index in [1.807, 2.05) is 31.7 Å². The molecule has 5 rings (SSSR count). The van der Waals surface area contributed by atoms with Crippen molar-refractivity contribution in [2.75, 3.05) is 13.1 Å². The standard InChI is InChI=1S/C32H36N2O2/c1-5-31-22-21-28(34(31)29(35)36-30(2,3)4)23-33(24-31)32(25-15-9-6-10-16-25,26-17-11-7-12-18-26)27-19-13-8-14-20-27/h5-20,28H,1,21-24H2,2-4H3/t28?,31-/m1/s1. The van der Waals surface area contributed by atoms with Crippen LogP contribution in [0.15, 0.2) is 104 Å². The fourth-order valence-corrected chi connectivity index (χ4v) is 6.26. The third-order valence-corrected chi connectivity index (χ3v) is 7.67. The summed E-state index contributed by atoms with van der Waals surface area (Å²) < 4.78 is 5.88. The third-order valence-electron chi connectivity index (χ3n) is 7.67. The number of ether oxygens (including phenoxy) is 1. The minimum Gasteiger partial charge on any atom is -0.444 e. The first kappa shape index (κ1) is 24.3. The highest BCUT2D eigenvalue weighted by atomic mass is 16.6. The number of rotatable bonds is 5. The van der Waals surface area contributed by atoms with Gasteiger partial charge < -0.3 is 4.74 Å². The van der Waals surface area contributed by atoms with Gasteiger partial charge in [0, 0.05) is 19.1 Å². The molecule has 2 aliphatic rings. The lowest BCUT2D eigenvalue weighted by Gasteiger charge is -2.54. The fourth-order valence-electron chi connectivity index (χ4n) is 6.26. The first-order valence-corrected chi connectivity index (χ1v) is 12.9. The van der Waals surface area contributed by atoms with Crippen molar-refractivity contribution in [3.05, 3.63) is 120 Å². The van der Waals surface area contributed by atoms with E-state index in [-0.39, 0.29) is 12.1 Å². The zero-order valence-corrected chi connectivity index (χ0v) is 21.6. The topological polar surface area (TPSA) is 32.8 Å². The van der Waals surface area contributed by atoms with Crippen LogP contribution in [0.25, 0.3) is 0 Å². The highest BCUT2D eigenvalue weighted by Crippen LogP contribution is 2.49. The summed E-state index contributed by atoms with van der Waals surface area (Å²) in [5, 5.41) is 0. The summed E-state index contributed by atoms with van der Waals surface area (Å²) in [7, 11) is 0. The Morgan fingerprint density at radius 1 is 0.889 bits per heavy atom. The Kier molecular flexibility index (Phi) is 6.25. The molecular formula is C32H36N2O2. The number of benzene rings is 3. The molecule has 0 N–H and O–H groups in total. The number of carbonyl (C=O) groups excluding carboxylic acids is 1. The third kappa shape index (κ3) is 4.04. The van der Waals surface area contributed by atoms with Gasteiger partial charge in [-0.3, -0.25) is 9.80 Å². The summed E-state index contributed by atoms with van der Waals surface area (Å²) in [5.74, 6) is 0. The first-order valence-electron chi connectivity index (χ1n) is 12.9. The maximum Gasteiger partial charge on any atom is 0.411 e. The quantitative estimate of drug-likeness (QED) is 0.304. The van der Waals surface area contributed by atoms with Crippen LogP contribution in [0.1, 0.15) is 50.3 Å². The summed E-state index contributed by atoms with van der Waals surface area (Å²) in [6.07, 6.45) is 3.55. The van der Waals surface area contributed by atoms with Crippen molar-refractivity contribution in [1.82, 2.24) is 9.80 Å². The van der Waals surface area contributed by atoms with Gasteiger partial charge in [-0.1, -0.05) is 97.1 Å². The molecule has 2 fully saturated rings. The summed E-state index contributed by atoms with van der Waals surface area (Å²) in [4.78, 5) is 18.0. The molecule has 0 aliphatic carbocycles. The lowest BCUT2D eigenvalue weighted by Crippen LogP contribution is -2.67. The van der Waals surface area contributed by atoms with Crippen molar-refractivity contribution in [2.45, 2.75) is 56.3 Å². The van der Waals surface area contributed by atoms with Crippen LogP contribution in [0.2, 0.25) is 0 Å². The van der Waals surface area contributed by atoms with Crippen LogP contribution in [0, 0.1) is 0 Å². The normalized spacial score (nSPS) is 22.3. The van der Waals surface area contributed by atoms with Gasteiger partial charge in [0.2, 0.25) is 0 Å². The number of fused-ring (bicyclic) bond motifs is 2. The molecule has 4 heteroatoms. The molecular weight excluding hydrogens is 444 g/mol. The lowest BCUT2D eigenvalue weighted by atomic mass is 9.74. The van der Waals surface area contributed by atoms with E-state index in [1.54, 1.807) is 0 Å². The molecule has 1 unspecified atom stereocenters. The minimum atomic E-state index is -0.544. The van der Waals surface area contributed by atoms with Gasteiger partial charge in [-0.05, 0) is 50.3 Å². The number of likely N-dealkylation sites (tertiary alicyclic amines) is 1. The molecule has 0 saturated carbocycles. The van der Waals surface area contributed by atoms with Gasteiger partial charge in [0.1, 0.15) is 5.60 Å². The number of carbonyl (C=O) groups is 1. The van der Waals surface area contributed by atoms with Crippen molar-refractivity contribution in [3.8, 4) is 0 Å². The van der Waals surface area contributed by atoms with Gasteiger partial charge in [-0.2, -0.15) is 0 Å². The summed E-state index contributed by atoms with van der Waals surface area (Å²) in [6, 6.07) is 32.3. The predicted molar refractivity (Wildman–Crippen MR) is 145 cm³/mol. The second-order valence-electron chi connectivity index (χ2n) is 11.0. The van der Waals surface area contributed by atoms with E-state index in [0.717, 1.165) is 19.4 Å². The Morgan fingerprint density at radius 3 is 1.78 bits per heavy atom. The fraction of sp³-hybridized carbons (Fsp3) is 0.344. The van der Waals surface area contributed by atoms with Crippen molar-refractivity contribution < 1.29 is 9.53 Å². The van der Waals surface area contributed by atoms with Crippen molar-refractivity contribution in [1.29, 1.82) is 0 Å². The van der Waals surface area contributed by atoms with Gasteiger partial charge in [0.15, 0.2) is 0 Å². The summed E-state index contributed by atoms with van der Waals surface area (Å²) >= 11 is 0. The largest absolute Gasteiger partial charge is 0.444 e. The number of piperazine rings is 1. The van der Waals surface area contributed by atoms with E-state index < -0.39 is 16.7 Å². The van der Waals surface area contributed by atoms with Gasteiger partial charge in [-0.15, -0.1) is 6.58 Å². The number of amides is 1. The molecule has 2 aliphatic heterocycles. The van der Waals surface area contributed by atoms with Crippen LogP contribution in [0.4, 0.5) is 4.79 Å². The molecule has 2 saturated heterocycles. The Morgan fingerprint density at radius 2 is 1.36 bits per heavy atom. The molecule has 2 bridgehead atoms. The average Bonchev–Trinajstić information content (AvgIpc) is 3.13. The van der Waals surface area contributed by atoms with Crippen LogP contribution >= 0.6 is 0 Å². The highest BCUT2D eigenvalue weighted by Gasteiger charge is 2.57. The van der Waals surface area contributed by atoms with Crippen LogP contribution in [-0.4, -0.2) is 46.2 Å². The average molecular weight is 481 g/mol. The number of hydrogen-bond donors (Lipinski definition) is 0. The second-order valence-corrected chi connectivity index (χ2v) is 11.0. The van der Waals surface area contributed by atoms with E-state index in [2.05, 4.69) is 102 Å². The van der Waals surface area contributed by atoms with E-state index in [1.165, 1.54) is 16.7 Å². The molecule has 3 aromatic carbocycles. The van der Waals surface area contributed by atoms with E-state index in [0.29, 0.717) is 6.54 Å². The SMILES string of the molecule is C=C[C@@]12CCC(CN(C(c3ccccc3)(c3ccccc3)c3ccccc3)C1)N2C(=O)OC(C)(C)C. The zero-order valence-electron chi connectivity index (χ0n) is 21.6. The lowest BCUT2D eigenvalue weighted by molar-refractivity contribution is -0.0349. The van der Waals surface area contributed by atoms with E-state index in [9.17, 15) is 4.79 Å². The molecule has 3 aromatic rings.